The van der Waals surface area contributed by atoms with E-state index in [9.17, 15) is 4.79 Å². The summed E-state index contributed by atoms with van der Waals surface area (Å²) in [6.45, 7) is 4.15. The zero-order valence-corrected chi connectivity index (χ0v) is 15.7. The monoisotopic (exact) mass is 364 g/mol. The molecule has 0 aromatic carbocycles. The first-order chi connectivity index (χ1) is 13.1. The highest BCUT2D eigenvalue weighted by Crippen LogP contribution is 2.24. The van der Waals surface area contributed by atoms with E-state index in [0.717, 1.165) is 37.1 Å². The maximum Gasteiger partial charge on any atom is 0.253 e. The Morgan fingerprint density at radius 1 is 1.22 bits per heavy atom. The number of amides is 1. The van der Waals surface area contributed by atoms with Crippen LogP contribution in [0.2, 0.25) is 0 Å². The molecule has 27 heavy (non-hydrogen) atoms. The van der Waals surface area contributed by atoms with Gasteiger partial charge in [0.05, 0.1) is 11.9 Å². The first kappa shape index (κ1) is 17.6. The number of carbonyl (C=O) groups is 1. The van der Waals surface area contributed by atoms with Crippen LogP contribution in [-0.4, -0.2) is 49.5 Å². The molecule has 1 N–H and O–H groups in total. The number of imidazole rings is 1. The summed E-state index contributed by atoms with van der Waals surface area (Å²) in [6, 6.07) is 6.50. The van der Waals surface area contributed by atoms with Crippen molar-refractivity contribution in [2.24, 2.45) is 7.05 Å². The van der Waals surface area contributed by atoms with Gasteiger partial charge in [-0.25, -0.2) is 9.97 Å². The zero-order chi connectivity index (χ0) is 18.8. The van der Waals surface area contributed by atoms with Crippen LogP contribution in [0.3, 0.4) is 0 Å². The number of aryl methyl sites for hydroxylation is 1. The first-order valence-corrected chi connectivity index (χ1v) is 9.34. The Hall–Kier alpha value is -2.80. The molecule has 0 saturated carbocycles. The number of rotatable bonds is 4. The van der Waals surface area contributed by atoms with E-state index < -0.39 is 0 Å². The standard InChI is InChI=1S/C20H24N6O/c1-14(15-3-7-21-8-4-15)26-9-5-17(6-10-26)24-20(27)16-11-18-19(22-12-16)25(2)13-23-18/h3-4,7-8,11-14,17H,5-6,9-10H2,1-2H3,(H,24,27)/t14-/m1/s1. The summed E-state index contributed by atoms with van der Waals surface area (Å²) in [5, 5.41) is 3.16. The molecule has 1 saturated heterocycles. The molecule has 1 fully saturated rings. The molecule has 0 spiro atoms. The van der Waals surface area contributed by atoms with Crippen LogP contribution in [0.15, 0.2) is 43.1 Å². The van der Waals surface area contributed by atoms with E-state index in [2.05, 4.69) is 44.2 Å². The number of nitrogens with zero attached hydrogens (tertiary/aromatic N) is 5. The van der Waals surface area contributed by atoms with Crippen molar-refractivity contribution in [3.8, 4) is 0 Å². The highest BCUT2D eigenvalue weighted by molar-refractivity contribution is 5.96. The molecule has 0 aliphatic carbocycles. The van der Waals surface area contributed by atoms with Crippen molar-refractivity contribution in [3.63, 3.8) is 0 Å². The van der Waals surface area contributed by atoms with Gasteiger partial charge in [-0.2, -0.15) is 0 Å². The Morgan fingerprint density at radius 2 is 1.96 bits per heavy atom. The summed E-state index contributed by atoms with van der Waals surface area (Å²) >= 11 is 0. The van der Waals surface area contributed by atoms with E-state index in [1.54, 1.807) is 18.6 Å². The molecule has 4 rings (SSSR count). The van der Waals surface area contributed by atoms with Crippen LogP contribution in [-0.2, 0) is 7.05 Å². The van der Waals surface area contributed by atoms with Gasteiger partial charge >= 0.3 is 0 Å². The van der Waals surface area contributed by atoms with E-state index in [4.69, 9.17) is 0 Å². The number of nitrogens with one attached hydrogen (secondary N) is 1. The molecule has 0 radical (unpaired) electrons. The second-order valence-corrected chi connectivity index (χ2v) is 7.16. The molecule has 1 amide bonds. The molecule has 4 heterocycles. The molecule has 3 aromatic rings. The third-order valence-electron chi connectivity index (χ3n) is 5.41. The molecule has 1 aliphatic heterocycles. The van der Waals surface area contributed by atoms with Gasteiger partial charge in [-0.3, -0.25) is 14.7 Å². The van der Waals surface area contributed by atoms with Gasteiger partial charge in [-0.05, 0) is 43.5 Å². The second-order valence-electron chi connectivity index (χ2n) is 7.16. The largest absolute Gasteiger partial charge is 0.349 e. The maximum atomic E-state index is 12.6. The van der Waals surface area contributed by atoms with Gasteiger partial charge in [0.25, 0.3) is 5.91 Å². The summed E-state index contributed by atoms with van der Waals surface area (Å²) in [4.78, 5) is 27.8. The highest BCUT2D eigenvalue weighted by Gasteiger charge is 2.25. The number of hydrogen-bond donors (Lipinski definition) is 1. The van der Waals surface area contributed by atoms with E-state index in [1.165, 1.54) is 5.56 Å². The first-order valence-electron chi connectivity index (χ1n) is 9.34. The molecular weight excluding hydrogens is 340 g/mol. The van der Waals surface area contributed by atoms with Gasteiger partial charge in [-0.1, -0.05) is 0 Å². The lowest BCUT2D eigenvalue weighted by atomic mass is 10.0. The molecule has 1 aliphatic rings. The number of fused-ring (bicyclic) bond motifs is 1. The number of likely N-dealkylation sites (tertiary alicyclic amines) is 1. The SMILES string of the molecule is C[C@H](c1ccncc1)N1CCC(NC(=O)c2cnc3c(c2)ncn3C)CC1. The summed E-state index contributed by atoms with van der Waals surface area (Å²) in [5.41, 5.74) is 3.37. The van der Waals surface area contributed by atoms with E-state index in [1.807, 2.05) is 24.0 Å². The van der Waals surface area contributed by atoms with Crippen molar-refractivity contribution < 1.29 is 4.79 Å². The van der Waals surface area contributed by atoms with Crippen molar-refractivity contribution in [1.29, 1.82) is 0 Å². The van der Waals surface area contributed by atoms with Crippen LogP contribution < -0.4 is 5.32 Å². The molecule has 0 bridgehead atoms. The van der Waals surface area contributed by atoms with Crippen molar-refractivity contribution in [2.75, 3.05) is 13.1 Å². The van der Waals surface area contributed by atoms with Crippen molar-refractivity contribution in [1.82, 2.24) is 29.7 Å². The Balaban J connectivity index is 1.35. The summed E-state index contributed by atoms with van der Waals surface area (Å²) in [7, 11) is 1.89. The fourth-order valence-electron chi connectivity index (χ4n) is 3.69. The second kappa shape index (κ2) is 7.44. The molecule has 7 heteroatoms. The third kappa shape index (κ3) is 3.68. The lowest BCUT2D eigenvalue weighted by Gasteiger charge is -2.36. The van der Waals surface area contributed by atoms with Gasteiger partial charge in [0.2, 0.25) is 0 Å². The number of pyridine rings is 2. The summed E-state index contributed by atoms with van der Waals surface area (Å²) in [6.07, 6.45) is 8.90. The minimum atomic E-state index is -0.0734. The minimum absolute atomic E-state index is 0.0734. The lowest BCUT2D eigenvalue weighted by Crippen LogP contribution is -2.45. The number of aromatic nitrogens is 4. The maximum absolute atomic E-state index is 12.6. The topological polar surface area (TPSA) is 75.9 Å². The van der Waals surface area contributed by atoms with Crippen LogP contribution in [0.5, 0.6) is 0 Å². The number of piperidine rings is 1. The Labute approximate surface area is 158 Å². The van der Waals surface area contributed by atoms with Crippen molar-refractivity contribution in [3.05, 3.63) is 54.2 Å². The summed E-state index contributed by atoms with van der Waals surface area (Å²) in [5.74, 6) is -0.0734. The predicted octanol–water partition coefficient (Wildman–Crippen LogP) is 2.32. The third-order valence-corrected chi connectivity index (χ3v) is 5.41. The molecular formula is C20H24N6O. The van der Waals surface area contributed by atoms with Crippen LogP contribution in [0.4, 0.5) is 0 Å². The quantitative estimate of drug-likeness (QED) is 0.769. The van der Waals surface area contributed by atoms with Gasteiger partial charge in [0.15, 0.2) is 5.65 Å². The van der Waals surface area contributed by atoms with Crippen LogP contribution in [0, 0.1) is 0 Å². The fraction of sp³-hybridized carbons (Fsp3) is 0.400. The van der Waals surface area contributed by atoms with Gasteiger partial charge in [0.1, 0.15) is 5.52 Å². The van der Waals surface area contributed by atoms with Crippen LogP contribution in [0.25, 0.3) is 11.2 Å². The Kier molecular flexibility index (Phi) is 4.85. The van der Waals surface area contributed by atoms with Crippen LogP contribution in [0.1, 0.15) is 41.7 Å². The van der Waals surface area contributed by atoms with Gasteiger partial charge in [0, 0.05) is 50.8 Å². The fourth-order valence-corrected chi connectivity index (χ4v) is 3.69. The van der Waals surface area contributed by atoms with E-state index >= 15 is 0 Å². The van der Waals surface area contributed by atoms with Crippen molar-refractivity contribution >= 4 is 17.1 Å². The molecule has 1 atom stereocenters. The smallest absolute Gasteiger partial charge is 0.253 e. The van der Waals surface area contributed by atoms with E-state index in [-0.39, 0.29) is 11.9 Å². The number of carbonyl (C=O) groups excluding carboxylic acids is 1. The van der Waals surface area contributed by atoms with Gasteiger partial charge in [-0.15, -0.1) is 0 Å². The highest BCUT2D eigenvalue weighted by atomic mass is 16.1. The van der Waals surface area contributed by atoms with E-state index in [0.29, 0.717) is 11.6 Å². The molecule has 0 unspecified atom stereocenters. The van der Waals surface area contributed by atoms with Gasteiger partial charge < -0.3 is 9.88 Å². The summed E-state index contributed by atoms with van der Waals surface area (Å²) < 4.78 is 1.84. The molecule has 140 valence electrons. The minimum Gasteiger partial charge on any atom is -0.349 e. The Morgan fingerprint density at radius 3 is 2.70 bits per heavy atom. The van der Waals surface area contributed by atoms with Crippen LogP contribution >= 0.6 is 0 Å². The zero-order valence-electron chi connectivity index (χ0n) is 15.7. The molecule has 7 nitrogen and oxygen atoms in total. The normalized spacial score (nSPS) is 17.1. The average Bonchev–Trinajstić information content (AvgIpc) is 3.09. The lowest BCUT2D eigenvalue weighted by molar-refractivity contribution is 0.0895. The average molecular weight is 364 g/mol. The van der Waals surface area contributed by atoms with Crippen molar-refractivity contribution in [2.45, 2.75) is 31.8 Å². The molecule has 3 aromatic heterocycles. The predicted molar refractivity (Wildman–Crippen MR) is 103 cm³/mol. The Bertz CT molecular complexity index is 930. The number of hydrogen-bond acceptors (Lipinski definition) is 5.